The van der Waals surface area contributed by atoms with Crippen LogP contribution in [0.3, 0.4) is 0 Å². The van der Waals surface area contributed by atoms with E-state index < -0.39 is 0 Å². The van der Waals surface area contributed by atoms with Gasteiger partial charge in [0.1, 0.15) is 5.82 Å². The second kappa shape index (κ2) is 6.83. The Morgan fingerprint density at radius 2 is 2.04 bits per heavy atom. The minimum atomic E-state index is 0.242. The van der Waals surface area contributed by atoms with Crippen molar-refractivity contribution in [1.29, 1.82) is 0 Å². The second-order valence-electron chi connectivity index (χ2n) is 7.11. The van der Waals surface area contributed by atoms with E-state index in [1.807, 2.05) is 25.1 Å². The lowest BCUT2D eigenvalue weighted by atomic mass is 10.1. The molecule has 25 heavy (non-hydrogen) atoms. The van der Waals surface area contributed by atoms with Crippen LogP contribution >= 0.6 is 11.6 Å². The number of rotatable bonds is 5. The maximum absolute atomic E-state index is 12.4. The highest BCUT2D eigenvalue weighted by Gasteiger charge is 2.32. The summed E-state index contributed by atoms with van der Waals surface area (Å²) in [7, 11) is 0. The largest absolute Gasteiger partial charge is 0.356 e. The molecule has 2 fully saturated rings. The summed E-state index contributed by atoms with van der Waals surface area (Å²) < 4.78 is 0. The van der Waals surface area contributed by atoms with Gasteiger partial charge in [0.15, 0.2) is 0 Å². The van der Waals surface area contributed by atoms with Crippen molar-refractivity contribution in [3.05, 3.63) is 34.9 Å². The average molecular weight is 358 g/mol. The third kappa shape index (κ3) is 3.45. The van der Waals surface area contributed by atoms with Crippen molar-refractivity contribution in [2.45, 2.75) is 51.6 Å². The number of hydrogen-bond donors (Lipinski definition) is 0. The number of hydrogen-bond acceptors (Lipinski definition) is 3. The summed E-state index contributed by atoms with van der Waals surface area (Å²) in [6.07, 6.45) is 5.22. The van der Waals surface area contributed by atoms with Crippen LogP contribution < -0.4 is 4.90 Å². The predicted molar refractivity (Wildman–Crippen MR) is 102 cm³/mol. The average Bonchev–Trinajstić information content (AvgIpc) is 3.31. The summed E-state index contributed by atoms with van der Waals surface area (Å²) in [5.41, 5.74) is 2.09. The van der Waals surface area contributed by atoms with E-state index in [9.17, 15) is 4.79 Å². The third-order valence-corrected chi connectivity index (χ3v) is 5.43. The molecule has 0 unspecified atom stereocenters. The predicted octanol–water partition coefficient (Wildman–Crippen LogP) is 4.39. The van der Waals surface area contributed by atoms with Crippen LogP contribution in [0.5, 0.6) is 0 Å². The molecule has 2 aromatic rings. The molecule has 5 heteroatoms. The van der Waals surface area contributed by atoms with Gasteiger partial charge in [-0.05, 0) is 43.9 Å². The van der Waals surface area contributed by atoms with E-state index in [4.69, 9.17) is 16.6 Å². The fourth-order valence-electron chi connectivity index (χ4n) is 3.69. The van der Waals surface area contributed by atoms with Crippen molar-refractivity contribution in [2.75, 3.05) is 18.0 Å². The molecule has 1 aromatic heterocycles. The first-order valence-corrected chi connectivity index (χ1v) is 9.67. The number of halogens is 1. The van der Waals surface area contributed by atoms with Crippen LogP contribution in [-0.4, -0.2) is 34.9 Å². The fraction of sp³-hybridized carbons (Fsp3) is 0.500. The quantitative estimate of drug-likeness (QED) is 0.796. The van der Waals surface area contributed by atoms with Gasteiger partial charge in [0.25, 0.3) is 0 Å². The minimum absolute atomic E-state index is 0.242. The number of aromatic nitrogens is 1. The molecular weight excluding hydrogens is 334 g/mol. The Morgan fingerprint density at radius 1 is 1.28 bits per heavy atom. The van der Waals surface area contributed by atoms with Gasteiger partial charge >= 0.3 is 0 Å². The first-order chi connectivity index (χ1) is 12.2. The molecule has 1 aliphatic heterocycles. The highest BCUT2D eigenvalue weighted by Crippen LogP contribution is 2.33. The van der Waals surface area contributed by atoms with Crippen LogP contribution in [0.4, 0.5) is 5.82 Å². The first-order valence-electron chi connectivity index (χ1n) is 9.29. The van der Waals surface area contributed by atoms with E-state index in [0.717, 1.165) is 48.2 Å². The monoisotopic (exact) mass is 357 g/mol. The molecule has 0 bridgehead atoms. The van der Waals surface area contributed by atoms with Crippen molar-refractivity contribution in [1.82, 2.24) is 9.88 Å². The zero-order valence-corrected chi connectivity index (χ0v) is 15.4. The molecule has 0 radical (unpaired) electrons. The summed E-state index contributed by atoms with van der Waals surface area (Å²) in [6, 6.07) is 8.46. The molecule has 1 aromatic carbocycles. The zero-order chi connectivity index (χ0) is 17.4. The molecule has 4 nitrogen and oxygen atoms in total. The number of benzene rings is 1. The number of amides is 1. The Morgan fingerprint density at radius 3 is 2.72 bits per heavy atom. The Bertz CT molecular complexity index is 797. The van der Waals surface area contributed by atoms with E-state index in [2.05, 4.69) is 15.9 Å². The third-order valence-electron chi connectivity index (χ3n) is 5.19. The molecule has 132 valence electrons. The standard InChI is InChI=1S/C20H24ClN3O/c1-2-19(25)24(17-7-8-17)13-15-11-14-5-6-16(21)12-18(14)22-20(15)23-9-3-4-10-23/h5-6,11-12,17H,2-4,7-10,13H2,1H3. The lowest BCUT2D eigenvalue weighted by molar-refractivity contribution is -0.132. The van der Waals surface area contributed by atoms with Gasteiger partial charge < -0.3 is 9.80 Å². The van der Waals surface area contributed by atoms with E-state index in [0.29, 0.717) is 24.0 Å². The number of nitrogens with zero attached hydrogens (tertiary/aromatic N) is 3. The van der Waals surface area contributed by atoms with Crippen LogP contribution in [0.1, 0.15) is 44.6 Å². The lowest BCUT2D eigenvalue weighted by Gasteiger charge is -2.26. The van der Waals surface area contributed by atoms with Crippen LogP contribution in [0.15, 0.2) is 24.3 Å². The molecule has 2 aliphatic rings. The molecule has 0 atom stereocenters. The molecule has 4 rings (SSSR count). The van der Waals surface area contributed by atoms with Gasteiger partial charge in [0.05, 0.1) is 5.52 Å². The number of carbonyl (C=O) groups excluding carboxylic acids is 1. The van der Waals surface area contributed by atoms with E-state index >= 15 is 0 Å². The van der Waals surface area contributed by atoms with Crippen LogP contribution in [0.2, 0.25) is 5.02 Å². The van der Waals surface area contributed by atoms with Crippen molar-refractivity contribution < 1.29 is 4.79 Å². The summed E-state index contributed by atoms with van der Waals surface area (Å²) in [4.78, 5) is 21.8. The van der Waals surface area contributed by atoms with Gasteiger partial charge in [-0.25, -0.2) is 4.98 Å². The lowest BCUT2D eigenvalue weighted by Crippen LogP contribution is -2.33. The van der Waals surface area contributed by atoms with Gasteiger partial charge in [0, 0.05) is 48.1 Å². The summed E-state index contributed by atoms with van der Waals surface area (Å²) in [5.74, 6) is 1.27. The van der Waals surface area contributed by atoms with Gasteiger partial charge in [-0.3, -0.25) is 4.79 Å². The number of fused-ring (bicyclic) bond motifs is 1. The van der Waals surface area contributed by atoms with Crippen LogP contribution in [-0.2, 0) is 11.3 Å². The minimum Gasteiger partial charge on any atom is -0.356 e. The molecule has 1 saturated carbocycles. The first kappa shape index (κ1) is 16.6. The maximum atomic E-state index is 12.4. The Hall–Kier alpha value is -1.81. The summed E-state index contributed by atoms with van der Waals surface area (Å²) in [5, 5.41) is 1.79. The highest BCUT2D eigenvalue weighted by molar-refractivity contribution is 6.31. The Labute approximate surface area is 153 Å². The van der Waals surface area contributed by atoms with Crippen LogP contribution in [0.25, 0.3) is 10.9 Å². The van der Waals surface area contributed by atoms with E-state index in [1.165, 1.54) is 12.8 Å². The fourth-order valence-corrected chi connectivity index (χ4v) is 3.85. The topological polar surface area (TPSA) is 36.4 Å². The van der Waals surface area contributed by atoms with Crippen molar-refractivity contribution in [3.8, 4) is 0 Å². The smallest absolute Gasteiger partial charge is 0.222 e. The molecule has 0 spiro atoms. The normalized spacial score (nSPS) is 17.3. The summed E-state index contributed by atoms with van der Waals surface area (Å²) in [6.45, 7) is 4.68. The van der Waals surface area contributed by atoms with Gasteiger partial charge in [-0.15, -0.1) is 0 Å². The molecule has 2 heterocycles. The Balaban J connectivity index is 1.75. The maximum Gasteiger partial charge on any atom is 0.222 e. The summed E-state index contributed by atoms with van der Waals surface area (Å²) >= 11 is 6.16. The van der Waals surface area contributed by atoms with Crippen molar-refractivity contribution in [3.63, 3.8) is 0 Å². The van der Waals surface area contributed by atoms with Crippen LogP contribution in [0, 0.1) is 0 Å². The van der Waals surface area contributed by atoms with E-state index in [-0.39, 0.29) is 5.91 Å². The van der Waals surface area contributed by atoms with Gasteiger partial charge in [-0.2, -0.15) is 0 Å². The highest BCUT2D eigenvalue weighted by atomic mass is 35.5. The molecular formula is C20H24ClN3O. The number of anilines is 1. The van der Waals surface area contributed by atoms with E-state index in [1.54, 1.807) is 0 Å². The number of pyridine rings is 1. The zero-order valence-electron chi connectivity index (χ0n) is 14.7. The Kier molecular flexibility index (Phi) is 4.55. The SMILES string of the molecule is CCC(=O)N(Cc1cc2ccc(Cl)cc2nc1N1CCCC1)C1CC1. The van der Waals surface area contributed by atoms with Crippen molar-refractivity contribution >= 4 is 34.2 Å². The molecule has 0 N–H and O–H groups in total. The second-order valence-corrected chi connectivity index (χ2v) is 7.55. The number of carbonyl (C=O) groups is 1. The van der Waals surface area contributed by atoms with Gasteiger partial charge in [0.2, 0.25) is 5.91 Å². The van der Waals surface area contributed by atoms with Gasteiger partial charge in [-0.1, -0.05) is 24.6 Å². The molecule has 1 saturated heterocycles. The molecule has 1 amide bonds. The molecule has 1 aliphatic carbocycles. The van der Waals surface area contributed by atoms with Crippen molar-refractivity contribution in [2.24, 2.45) is 0 Å².